The van der Waals surface area contributed by atoms with E-state index in [-0.39, 0.29) is 10.6 Å². The molecule has 104 valence electrons. The van der Waals surface area contributed by atoms with Crippen molar-refractivity contribution in [2.45, 2.75) is 19.9 Å². The number of hydrogen-bond acceptors (Lipinski definition) is 4. The first kappa shape index (κ1) is 14.0. The van der Waals surface area contributed by atoms with E-state index in [0.717, 1.165) is 16.8 Å². The molecule has 0 heterocycles. The van der Waals surface area contributed by atoms with Crippen LogP contribution in [0.1, 0.15) is 18.1 Å². The van der Waals surface area contributed by atoms with Gasteiger partial charge < -0.3 is 5.43 Å². The van der Waals surface area contributed by atoms with Crippen LogP contribution < -0.4 is 10.9 Å². The summed E-state index contributed by atoms with van der Waals surface area (Å²) in [4.78, 5) is 10.7. The Morgan fingerprint density at radius 1 is 1.15 bits per heavy atom. The maximum atomic E-state index is 11.0. The van der Waals surface area contributed by atoms with Crippen LogP contribution in [0.25, 0.3) is 0 Å². The van der Waals surface area contributed by atoms with Crippen molar-refractivity contribution in [3.63, 3.8) is 0 Å². The molecule has 0 aliphatic carbocycles. The fraction of sp³-hybridized carbons (Fsp3) is 0.200. The average Bonchev–Trinajstić information content (AvgIpc) is 2.48. The van der Waals surface area contributed by atoms with Gasteiger partial charge in [-0.1, -0.05) is 37.3 Å². The molecule has 0 aliphatic heterocycles. The highest BCUT2D eigenvalue weighted by molar-refractivity contribution is 5.44. The Morgan fingerprint density at radius 2 is 1.90 bits per heavy atom. The van der Waals surface area contributed by atoms with Crippen molar-refractivity contribution in [3.8, 4) is 0 Å². The van der Waals surface area contributed by atoms with Crippen molar-refractivity contribution in [2.24, 2.45) is 0 Å². The topological polar surface area (TPSA) is 67.2 Å². The molecule has 0 fully saturated rings. The minimum absolute atomic E-state index is 0.187. The van der Waals surface area contributed by atoms with Gasteiger partial charge in [0.2, 0.25) is 0 Å². The third kappa shape index (κ3) is 3.55. The van der Waals surface area contributed by atoms with Crippen LogP contribution in [0.2, 0.25) is 0 Å². The summed E-state index contributed by atoms with van der Waals surface area (Å²) in [7, 11) is 0. The van der Waals surface area contributed by atoms with Gasteiger partial charge in [-0.05, 0) is 24.1 Å². The second-order valence-electron chi connectivity index (χ2n) is 4.42. The molecule has 2 rings (SSSR count). The number of benzene rings is 2. The Morgan fingerprint density at radius 3 is 2.55 bits per heavy atom. The van der Waals surface area contributed by atoms with E-state index in [1.54, 1.807) is 6.07 Å². The molecule has 0 amide bonds. The molecule has 0 unspecified atom stereocenters. The van der Waals surface area contributed by atoms with Crippen molar-refractivity contribution in [3.05, 3.63) is 69.8 Å². The van der Waals surface area contributed by atoms with Gasteiger partial charge in [0.05, 0.1) is 4.92 Å². The quantitative estimate of drug-likeness (QED) is 0.625. The van der Waals surface area contributed by atoms with E-state index in [0.29, 0.717) is 13.0 Å². The van der Waals surface area contributed by atoms with Crippen molar-refractivity contribution < 1.29 is 4.92 Å². The lowest BCUT2D eigenvalue weighted by Crippen LogP contribution is -2.20. The minimum atomic E-state index is -0.326. The molecular weight excluding hydrogens is 254 g/mol. The summed E-state index contributed by atoms with van der Waals surface area (Å²) in [5, 5.41) is 11.0. The van der Waals surface area contributed by atoms with Crippen LogP contribution in [0, 0.1) is 10.1 Å². The molecule has 0 spiro atoms. The molecule has 0 bridgehead atoms. The molecule has 2 N–H and O–H groups in total. The van der Waals surface area contributed by atoms with Crippen molar-refractivity contribution in [2.75, 3.05) is 5.43 Å². The zero-order chi connectivity index (χ0) is 14.4. The maximum Gasteiger partial charge on any atom is 0.272 e. The number of hydrogen-bond donors (Lipinski definition) is 2. The van der Waals surface area contributed by atoms with Crippen molar-refractivity contribution in [1.82, 2.24) is 5.43 Å². The van der Waals surface area contributed by atoms with Gasteiger partial charge in [0.1, 0.15) is 0 Å². The lowest BCUT2D eigenvalue weighted by molar-refractivity contribution is -0.385. The highest BCUT2D eigenvalue weighted by Crippen LogP contribution is 2.20. The number of aryl methyl sites for hydroxylation is 1. The van der Waals surface area contributed by atoms with Crippen molar-refractivity contribution in [1.29, 1.82) is 0 Å². The van der Waals surface area contributed by atoms with Crippen LogP contribution in [-0.2, 0) is 13.0 Å². The van der Waals surface area contributed by atoms with E-state index < -0.39 is 0 Å². The van der Waals surface area contributed by atoms with Gasteiger partial charge in [0.25, 0.3) is 5.69 Å². The van der Waals surface area contributed by atoms with Gasteiger partial charge in [0, 0.05) is 23.9 Å². The first-order valence-electron chi connectivity index (χ1n) is 6.51. The second-order valence-corrected chi connectivity index (χ2v) is 4.42. The van der Waals surface area contributed by atoms with Gasteiger partial charge in [-0.25, -0.2) is 5.43 Å². The number of nitrogens with zero attached hydrogens (tertiary/aromatic N) is 1. The van der Waals surface area contributed by atoms with Gasteiger partial charge in [0.15, 0.2) is 0 Å². The number of rotatable bonds is 6. The normalized spacial score (nSPS) is 10.2. The molecule has 5 heteroatoms. The number of hydrazine groups is 1. The number of nitro groups is 1. The Balaban J connectivity index is 1.99. The molecule has 2 aromatic carbocycles. The van der Waals surface area contributed by atoms with E-state index in [1.807, 2.05) is 49.4 Å². The average molecular weight is 271 g/mol. The molecule has 2 aromatic rings. The molecule has 0 saturated carbocycles. The summed E-state index contributed by atoms with van der Waals surface area (Å²) in [5.74, 6) is 0. The predicted octanol–water partition coefficient (Wildman–Crippen LogP) is 3.27. The first-order chi connectivity index (χ1) is 9.70. The zero-order valence-corrected chi connectivity index (χ0v) is 11.3. The standard InChI is InChI=1S/C15H17N3O2/c1-2-13-9-8-12(10-15(13)18(19)20)11-16-17-14-6-4-3-5-7-14/h3-10,16-17H,2,11H2,1H3. The summed E-state index contributed by atoms with van der Waals surface area (Å²) in [6, 6.07) is 15.0. The minimum Gasteiger partial charge on any atom is -0.321 e. The zero-order valence-electron chi connectivity index (χ0n) is 11.3. The largest absolute Gasteiger partial charge is 0.321 e. The van der Waals surface area contributed by atoms with Crippen LogP contribution in [0.4, 0.5) is 11.4 Å². The monoisotopic (exact) mass is 271 g/mol. The summed E-state index contributed by atoms with van der Waals surface area (Å²) in [6.07, 6.45) is 0.659. The van der Waals surface area contributed by atoms with E-state index in [2.05, 4.69) is 10.9 Å². The lowest BCUT2D eigenvalue weighted by atomic mass is 10.1. The summed E-state index contributed by atoms with van der Waals surface area (Å²) >= 11 is 0. The number of anilines is 1. The number of para-hydroxylation sites is 1. The van der Waals surface area contributed by atoms with Gasteiger partial charge >= 0.3 is 0 Å². The van der Waals surface area contributed by atoms with Gasteiger partial charge in [-0.2, -0.15) is 0 Å². The van der Waals surface area contributed by atoms with Crippen LogP contribution in [0.3, 0.4) is 0 Å². The molecule has 5 nitrogen and oxygen atoms in total. The highest BCUT2D eigenvalue weighted by atomic mass is 16.6. The summed E-state index contributed by atoms with van der Waals surface area (Å²) in [5.41, 5.74) is 8.87. The Labute approximate surface area is 117 Å². The molecule has 0 aromatic heterocycles. The third-order valence-corrected chi connectivity index (χ3v) is 3.03. The van der Waals surface area contributed by atoms with E-state index in [1.165, 1.54) is 0 Å². The first-order valence-corrected chi connectivity index (χ1v) is 6.51. The predicted molar refractivity (Wildman–Crippen MR) is 79.4 cm³/mol. The number of nitro benzene ring substituents is 1. The fourth-order valence-corrected chi connectivity index (χ4v) is 1.96. The number of nitrogens with one attached hydrogen (secondary N) is 2. The highest BCUT2D eigenvalue weighted by Gasteiger charge is 2.12. The van der Waals surface area contributed by atoms with E-state index >= 15 is 0 Å². The molecule has 0 radical (unpaired) electrons. The lowest BCUT2D eigenvalue weighted by Gasteiger charge is -2.09. The van der Waals surface area contributed by atoms with Gasteiger partial charge in [-0.15, -0.1) is 0 Å². The molecule has 0 atom stereocenters. The fourth-order valence-electron chi connectivity index (χ4n) is 1.96. The third-order valence-electron chi connectivity index (χ3n) is 3.03. The molecule has 0 aliphatic rings. The SMILES string of the molecule is CCc1ccc(CNNc2ccccc2)cc1[N+](=O)[O-]. The summed E-state index contributed by atoms with van der Waals surface area (Å²) in [6.45, 7) is 2.43. The second kappa shape index (κ2) is 6.68. The van der Waals surface area contributed by atoms with Crippen molar-refractivity contribution >= 4 is 11.4 Å². The van der Waals surface area contributed by atoms with Crippen LogP contribution in [-0.4, -0.2) is 4.92 Å². The van der Waals surface area contributed by atoms with Gasteiger partial charge in [-0.3, -0.25) is 10.1 Å². The molecule has 20 heavy (non-hydrogen) atoms. The Hall–Kier alpha value is -2.40. The van der Waals surface area contributed by atoms with E-state index in [9.17, 15) is 10.1 Å². The smallest absolute Gasteiger partial charge is 0.272 e. The van der Waals surface area contributed by atoms with E-state index in [4.69, 9.17) is 0 Å². The summed E-state index contributed by atoms with van der Waals surface area (Å²) < 4.78 is 0. The Bertz CT molecular complexity index is 585. The molecule has 0 saturated heterocycles. The van der Waals surface area contributed by atoms with Crippen LogP contribution in [0.15, 0.2) is 48.5 Å². The van der Waals surface area contributed by atoms with Crippen LogP contribution in [0.5, 0.6) is 0 Å². The maximum absolute atomic E-state index is 11.0. The van der Waals surface area contributed by atoms with Crippen LogP contribution >= 0.6 is 0 Å². The molecular formula is C15H17N3O2. The Kier molecular flexibility index (Phi) is 4.68.